The third-order valence-electron chi connectivity index (χ3n) is 3.62. The number of aliphatic hydroxyl groups is 2. The van der Waals surface area contributed by atoms with Crippen LogP contribution in [0.2, 0.25) is 0 Å². The minimum Gasteiger partial charge on any atom is -0.500 e. The lowest BCUT2D eigenvalue weighted by molar-refractivity contribution is -0.130. The van der Waals surface area contributed by atoms with Crippen LogP contribution in [-0.4, -0.2) is 62.9 Å². The number of carbonyl (C=O) groups excluding carboxylic acids is 3. The minimum atomic E-state index is -0.821. The second-order valence-electron chi connectivity index (χ2n) is 6.41. The van der Waals surface area contributed by atoms with Crippen LogP contribution in [0.3, 0.4) is 0 Å². The molecule has 0 saturated carbocycles. The molecule has 0 amide bonds. The highest BCUT2D eigenvalue weighted by Crippen LogP contribution is 2.18. The Bertz CT molecular complexity index is 887. The third-order valence-corrected chi connectivity index (χ3v) is 3.62. The summed E-state index contributed by atoms with van der Waals surface area (Å²) in [6.07, 6.45) is 4.92. The highest BCUT2D eigenvalue weighted by Gasteiger charge is 2.20. The van der Waals surface area contributed by atoms with E-state index in [2.05, 4.69) is 15.0 Å². The molecule has 0 fully saturated rings. The maximum Gasteiger partial charge on any atom is 0.344 e. The SMILES string of the molecule is CC(=CCCO)C(=O)Oc1nc2nc(n1)OC(=O)C(C)=COCCC=C(C)C(=O)O2.CCO. The van der Waals surface area contributed by atoms with E-state index in [1.54, 1.807) is 13.0 Å². The molecule has 180 valence electrons. The Labute approximate surface area is 190 Å². The average molecular weight is 465 g/mol. The normalized spacial score (nSPS) is 14.8. The molecule has 0 unspecified atom stereocenters. The molecule has 33 heavy (non-hydrogen) atoms. The van der Waals surface area contributed by atoms with Crippen LogP contribution < -0.4 is 14.2 Å². The number of esters is 3. The summed E-state index contributed by atoms with van der Waals surface area (Å²) in [5.41, 5.74) is 0.600. The Kier molecular flexibility index (Phi) is 12.0. The number of rotatable bonds is 4. The molecule has 2 heterocycles. The van der Waals surface area contributed by atoms with E-state index >= 15 is 0 Å². The van der Waals surface area contributed by atoms with Crippen molar-refractivity contribution in [2.24, 2.45) is 0 Å². The molecule has 0 saturated heterocycles. The highest BCUT2D eigenvalue weighted by molar-refractivity contribution is 5.90. The largest absolute Gasteiger partial charge is 0.500 e. The van der Waals surface area contributed by atoms with E-state index < -0.39 is 35.9 Å². The third kappa shape index (κ3) is 10.0. The van der Waals surface area contributed by atoms with Crippen LogP contribution in [0.5, 0.6) is 18.0 Å². The Hall–Kier alpha value is -3.64. The molecule has 12 nitrogen and oxygen atoms in total. The van der Waals surface area contributed by atoms with Crippen LogP contribution in [0.25, 0.3) is 0 Å². The fourth-order valence-corrected chi connectivity index (χ4v) is 1.97. The summed E-state index contributed by atoms with van der Waals surface area (Å²) >= 11 is 0. The molecular formula is C21H27N3O9. The Morgan fingerprint density at radius 2 is 1.67 bits per heavy atom. The Balaban J connectivity index is 0.00000172. The number of carbonyl (C=O) groups is 3. The first kappa shape index (κ1) is 27.4. The number of nitrogens with zero attached hydrogens (tertiary/aromatic N) is 3. The van der Waals surface area contributed by atoms with E-state index in [0.717, 1.165) is 0 Å². The van der Waals surface area contributed by atoms with Gasteiger partial charge in [-0.05, 0) is 34.1 Å². The Morgan fingerprint density at radius 1 is 1.09 bits per heavy atom. The summed E-state index contributed by atoms with van der Waals surface area (Å²) in [7, 11) is 0. The van der Waals surface area contributed by atoms with Gasteiger partial charge in [0.2, 0.25) is 0 Å². The van der Waals surface area contributed by atoms with Gasteiger partial charge in [0.1, 0.15) is 0 Å². The smallest absolute Gasteiger partial charge is 0.344 e. The van der Waals surface area contributed by atoms with Crippen molar-refractivity contribution in [3.05, 3.63) is 35.1 Å². The van der Waals surface area contributed by atoms with Gasteiger partial charge in [-0.2, -0.15) is 0 Å². The van der Waals surface area contributed by atoms with Crippen LogP contribution in [0, 0.1) is 0 Å². The summed E-state index contributed by atoms with van der Waals surface area (Å²) in [5, 5.41) is 16.4. The zero-order valence-electron chi connectivity index (χ0n) is 18.9. The summed E-state index contributed by atoms with van der Waals surface area (Å²) < 4.78 is 20.4. The van der Waals surface area contributed by atoms with Crippen molar-refractivity contribution in [3.8, 4) is 18.0 Å². The molecule has 2 N–H and O–H groups in total. The lowest BCUT2D eigenvalue weighted by Gasteiger charge is -2.09. The van der Waals surface area contributed by atoms with E-state index in [4.69, 9.17) is 29.2 Å². The first-order valence-electron chi connectivity index (χ1n) is 9.98. The van der Waals surface area contributed by atoms with Crippen LogP contribution in [0.15, 0.2) is 35.1 Å². The standard InChI is InChI=1S/C19H21N3O8.C2H6O/c1-11(6-4-8-23)14(24)28-17-20-18-22-19(21-17)30-16(26)13(3)10-27-9-5-7-12(2)15(25)29-18;1-2-3/h6-7,10,23H,4-5,8-9H2,1-3H3;3H,2H2,1H3. The predicted octanol–water partition coefficient (Wildman–Crippen LogP) is 1.19. The van der Waals surface area contributed by atoms with Crippen LogP contribution in [-0.2, 0) is 19.1 Å². The average Bonchev–Trinajstić information content (AvgIpc) is 2.76. The molecule has 1 aliphatic rings. The van der Waals surface area contributed by atoms with Gasteiger partial charge in [-0.3, -0.25) is 0 Å². The monoisotopic (exact) mass is 465 g/mol. The number of hydrogen-bond donors (Lipinski definition) is 2. The van der Waals surface area contributed by atoms with Crippen LogP contribution in [0.4, 0.5) is 0 Å². The van der Waals surface area contributed by atoms with Crippen molar-refractivity contribution in [1.29, 1.82) is 0 Å². The van der Waals surface area contributed by atoms with Gasteiger partial charge in [-0.25, -0.2) is 14.4 Å². The molecule has 0 radical (unpaired) electrons. The van der Waals surface area contributed by atoms with Crippen molar-refractivity contribution in [3.63, 3.8) is 0 Å². The maximum atomic E-state index is 12.2. The van der Waals surface area contributed by atoms with Crippen molar-refractivity contribution in [1.82, 2.24) is 15.0 Å². The zero-order valence-corrected chi connectivity index (χ0v) is 18.9. The fraction of sp³-hybridized carbons (Fsp3) is 0.429. The molecule has 0 spiro atoms. The molecule has 0 aliphatic carbocycles. The number of fused-ring (bicyclic) bond motifs is 2. The molecular weight excluding hydrogens is 438 g/mol. The van der Waals surface area contributed by atoms with Gasteiger partial charge in [0, 0.05) is 30.8 Å². The minimum absolute atomic E-state index is 0.132. The van der Waals surface area contributed by atoms with Gasteiger partial charge in [-0.15, -0.1) is 15.0 Å². The van der Waals surface area contributed by atoms with Crippen molar-refractivity contribution in [2.45, 2.75) is 40.5 Å². The second-order valence-corrected chi connectivity index (χ2v) is 6.41. The lowest BCUT2D eigenvalue weighted by Crippen LogP contribution is -2.18. The lowest BCUT2D eigenvalue weighted by atomic mass is 10.2. The molecule has 0 atom stereocenters. The molecule has 0 aromatic carbocycles. The van der Waals surface area contributed by atoms with Crippen LogP contribution >= 0.6 is 0 Å². The van der Waals surface area contributed by atoms with Gasteiger partial charge in [0.15, 0.2) is 0 Å². The van der Waals surface area contributed by atoms with Crippen molar-refractivity contribution < 1.29 is 43.5 Å². The first-order valence-corrected chi connectivity index (χ1v) is 9.98. The van der Waals surface area contributed by atoms with Crippen LogP contribution in [0.1, 0.15) is 40.5 Å². The van der Waals surface area contributed by atoms with Crippen molar-refractivity contribution >= 4 is 17.9 Å². The number of aromatic nitrogens is 3. The number of hydrogen-bond acceptors (Lipinski definition) is 12. The molecule has 2 rings (SSSR count). The van der Waals surface area contributed by atoms with Gasteiger partial charge >= 0.3 is 35.9 Å². The highest BCUT2D eigenvalue weighted by atomic mass is 16.6. The zero-order chi connectivity index (χ0) is 24.8. The maximum absolute atomic E-state index is 12.2. The second kappa shape index (κ2) is 14.4. The summed E-state index contributed by atoms with van der Waals surface area (Å²) in [6.45, 7) is 6.50. The summed E-state index contributed by atoms with van der Waals surface area (Å²) in [6, 6.07) is -1.59. The van der Waals surface area contributed by atoms with E-state index in [1.807, 2.05) is 0 Å². The first-order chi connectivity index (χ1) is 15.7. The predicted molar refractivity (Wildman–Crippen MR) is 113 cm³/mol. The van der Waals surface area contributed by atoms with E-state index in [0.29, 0.717) is 6.42 Å². The van der Waals surface area contributed by atoms with Gasteiger partial charge < -0.3 is 29.2 Å². The Morgan fingerprint density at radius 3 is 2.24 bits per heavy atom. The van der Waals surface area contributed by atoms with Gasteiger partial charge in [0.25, 0.3) is 0 Å². The number of ether oxygens (including phenoxy) is 4. The van der Waals surface area contributed by atoms with Gasteiger partial charge in [0.05, 0.1) is 18.4 Å². The summed E-state index contributed by atoms with van der Waals surface area (Å²) in [4.78, 5) is 47.7. The molecule has 12 heteroatoms. The molecule has 1 aromatic heterocycles. The fourth-order valence-electron chi connectivity index (χ4n) is 1.97. The quantitative estimate of drug-likeness (QED) is 0.482. The topological polar surface area (TPSA) is 167 Å². The van der Waals surface area contributed by atoms with Crippen molar-refractivity contribution in [2.75, 3.05) is 19.8 Å². The summed E-state index contributed by atoms with van der Waals surface area (Å²) in [5.74, 6) is -2.38. The molecule has 1 aliphatic heterocycles. The number of aliphatic hydroxyl groups excluding tert-OH is 2. The van der Waals surface area contributed by atoms with E-state index in [9.17, 15) is 14.4 Å². The van der Waals surface area contributed by atoms with E-state index in [1.165, 1.54) is 33.1 Å². The van der Waals surface area contributed by atoms with Gasteiger partial charge in [-0.1, -0.05) is 12.2 Å². The molecule has 1 aromatic rings. The molecule has 2 bridgehead atoms. The van der Waals surface area contributed by atoms with E-state index in [-0.39, 0.29) is 43.0 Å².